The van der Waals surface area contributed by atoms with E-state index in [-0.39, 0.29) is 17.0 Å². The largest absolute Gasteiger partial charge is 0.507 e. The Morgan fingerprint density at radius 2 is 2.25 bits per heavy atom. The van der Waals surface area contributed by atoms with E-state index < -0.39 is 10.9 Å². The molecule has 0 spiro atoms. The Balaban J connectivity index is 3.05. The van der Waals surface area contributed by atoms with Crippen LogP contribution in [0.4, 0.5) is 5.69 Å². The maximum atomic E-state index is 10.8. The lowest BCUT2D eigenvalue weighted by atomic mass is 10.1. The van der Waals surface area contributed by atoms with E-state index in [4.69, 9.17) is 0 Å². The highest BCUT2D eigenvalue weighted by atomic mass is 16.6. The minimum atomic E-state index is -0.732. The van der Waals surface area contributed by atoms with Gasteiger partial charge < -0.3 is 9.84 Å². The number of carbonyl (C=O) groups is 1. The first-order chi connectivity index (χ1) is 7.54. The van der Waals surface area contributed by atoms with Gasteiger partial charge in [-0.1, -0.05) is 12.1 Å². The maximum Gasteiger partial charge on any atom is 0.334 e. The molecule has 16 heavy (non-hydrogen) atoms. The summed E-state index contributed by atoms with van der Waals surface area (Å²) in [6.07, 6.45) is 0.846. The van der Waals surface area contributed by atoms with E-state index in [1.54, 1.807) is 0 Å². The molecule has 84 valence electrons. The number of non-ortho nitro benzene ring substituents is 1. The van der Waals surface area contributed by atoms with Crippen LogP contribution in [0.25, 0.3) is 5.76 Å². The highest BCUT2D eigenvalue weighted by Gasteiger charge is 2.09. The molecule has 6 nitrogen and oxygen atoms in total. The molecule has 1 rings (SSSR count). The number of hydrogen-bond acceptors (Lipinski definition) is 5. The molecule has 0 unspecified atom stereocenters. The van der Waals surface area contributed by atoms with Gasteiger partial charge in [-0.2, -0.15) is 0 Å². The number of nitro groups is 1. The average molecular weight is 223 g/mol. The minimum Gasteiger partial charge on any atom is -0.507 e. The summed E-state index contributed by atoms with van der Waals surface area (Å²) in [5.74, 6) is -1.11. The third-order valence-corrected chi connectivity index (χ3v) is 1.81. The van der Waals surface area contributed by atoms with Gasteiger partial charge >= 0.3 is 5.97 Å². The fourth-order valence-electron chi connectivity index (χ4n) is 1.03. The maximum absolute atomic E-state index is 10.8. The quantitative estimate of drug-likeness (QED) is 0.277. The van der Waals surface area contributed by atoms with E-state index >= 15 is 0 Å². The Morgan fingerprint density at radius 3 is 2.81 bits per heavy atom. The van der Waals surface area contributed by atoms with Crippen molar-refractivity contribution >= 4 is 17.4 Å². The van der Waals surface area contributed by atoms with Gasteiger partial charge in [0, 0.05) is 17.7 Å². The SMILES string of the molecule is COC(=O)/C=C(\O)c1cccc([N+](=O)[O-])c1. The van der Waals surface area contributed by atoms with E-state index in [9.17, 15) is 20.0 Å². The van der Waals surface area contributed by atoms with Crippen LogP contribution in [0, 0.1) is 10.1 Å². The van der Waals surface area contributed by atoms with Gasteiger partial charge in [0.15, 0.2) is 0 Å². The van der Waals surface area contributed by atoms with E-state index in [2.05, 4.69) is 4.74 Å². The lowest BCUT2D eigenvalue weighted by Crippen LogP contribution is -1.97. The highest BCUT2D eigenvalue weighted by Crippen LogP contribution is 2.18. The Kier molecular flexibility index (Phi) is 3.60. The lowest BCUT2D eigenvalue weighted by Gasteiger charge is -1.99. The summed E-state index contributed by atoms with van der Waals surface area (Å²) in [6, 6.07) is 5.31. The molecule has 0 heterocycles. The smallest absolute Gasteiger partial charge is 0.334 e. The van der Waals surface area contributed by atoms with E-state index in [0.29, 0.717) is 0 Å². The Labute approximate surface area is 90.9 Å². The number of hydrogen-bond donors (Lipinski definition) is 1. The monoisotopic (exact) mass is 223 g/mol. The number of aliphatic hydroxyl groups excluding tert-OH is 1. The molecular weight excluding hydrogens is 214 g/mol. The standard InChI is InChI=1S/C10H9NO5/c1-16-10(13)6-9(12)7-3-2-4-8(5-7)11(14)15/h2-6,12H,1H3/b9-6-. The predicted octanol–water partition coefficient (Wildman–Crippen LogP) is 1.67. The van der Waals surface area contributed by atoms with Crippen LogP contribution in [0.1, 0.15) is 5.56 Å². The summed E-state index contributed by atoms with van der Waals surface area (Å²) in [4.78, 5) is 20.7. The molecule has 1 aromatic rings. The molecule has 0 aliphatic rings. The fraction of sp³-hybridized carbons (Fsp3) is 0.100. The summed E-state index contributed by atoms with van der Waals surface area (Å²) >= 11 is 0. The Hall–Kier alpha value is -2.37. The average Bonchev–Trinajstić information content (AvgIpc) is 2.28. The number of benzene rings is 1. The van der Waals surface area contributed by atoms with Crippen molar-refractivity contribution in [3.63, 3.8) is 0 Å². The Morgan fingerprint density at radius 1 is 1.56 bits per heavy atom. The molecular formula is C10H9NO5. The van der Waals surface area contributed by atoms with Crippen LogP contribution in [-0.4, -0.2) is 23.1 Å². The summed E-state index contributed by atoms with van der Waals surface area (Å²) in [5, 5.41) is 19.9. The van der Waals surface area contributed by atoms with Gasteiger partial charge in [0.25, 0.3) is 5.69 Å². The second kappa shape index (κ2) is 4.92. The molecule has 1 N–H and O–H groups in total. The number of ether oxygens (including phenoxy) is 1. The highest BCUT2D eigenvalue weighted by molar-refractivity contribution is 5.89. The number of carbonyl (C=O) groups excluding carboxylic acids is 1. The predicted molar refractivity (Wildman–Crippen MR) is 55.7 cm³/mol. The second-order valence-electron chi connectivity index (χ2n) is 2.86. The van der Waals surface area contributed by atoms with Crippen LogP contribution in [0.5, 0.6) is 0 Å². The zero-order valence-corrected chi connectivity index (χ0v) is 8.41. The number of rotatable bonds is 3. The van der Waals surface area contributed by atoms with E-state index in [1.807, 2.05) is 0 Å². The van der Waals surface area contributed by atoms with Crippen LogP contribution in [0.15, 0.2) is 30.3 Å². The first-order valence-electron chi connectivity index (χ1n) is 4.28. The first-order valence-corrected chi connectivity index (χ1v) is 4.28. The fourth-order valence-corrected chi connectivity index (χ4v) is 1.03. The summed E-state index contributed by atoms with van der Waals surface area (Å²) in [6.45, 7) is 0. The van der Waals surface area contributed by atoms with Crippen molar-refractivity contribution < 1.29 is 19.6 Å². The number of nitro benzene ring substituents is 1. The van der Waals surface area contributed by atoms with Crippen molar-refractivity contribution in [1.29, 1.82) is 0 Å². The van der Waals surface area contributed by atoms with E-state index in [1.165, 1.54) is 25.3 Å². The summed E-state index contributed by atoms with van der Waals surface area (Å²) in [7, 11) is 1.17. The number of nitrogens with zero attached hydrogens (tertiary/aromatic N) is 1. The van der Waals surface area contributed by atoms with E-state index in [0.717, 1.165) is 12.1 Å². The van der Waals surface area contributed by atoms with Gasteiger partial charge in [0.05, 0.1) is 18.1 Å². The number of aliphatic hydroxyl groups is 1. The third-order valence-electron chi connectivity index (χ3n) is 1.81. The van der Waals surface area contributed by atoms with Gasteiger partial charge in [0.2, 0.25) is 0 Å². The van der Waals surface area contributed by atoms with Crippen molar-refractivity contribution in [2.45, 2.75) is 0 Å². The topological polar surface area (TPSA) is 89.7 Å². The van der Waals surface area contributed by atoms with Crippen LogP contribution in [0.3, 0.4) is 0 Å². The zero-order valence-electron chi connectivity index (χ0n) is 8.41. The van der Waals surface area contributed by atoms with Gasteiger partial charge in [0.1, 0.15) is 5.76 Å². The van der Waals surface area contributed by atoms with Crippen LogP contribution >= 0.6 is 0 Å². The van der Waals surface area contributed by atoms with Crippen LogP contribution in [0.2, 0.25) is 0 Å². The van der Waals surface area contributed by atoms with Crippen molar-refractivity contribution in [1.82, 2.24) is 0 Å². The van der Waals surface area contributed by atoms with Crippen LogP contribution < -0.4 is 0 Å². The molecule has 0 atom stereocenters. The molecule has 0 fully saturated rings. The van der Waals surface area contributed by atoms with Gasteiger partial charge in [-0.25, -0.2) is 4.79 Å². The molecule has 1 aromatic carbocycles. The molecule has 0 saturated carbocycles. The number of esters is 1. The van der Waals surface area contributed by atoms with Gasteiger partial charge in [-0.05, 0) is 0 Å². The molecule has 0 aliphatic carbocycles. The molecule has 0 bridgehead atoms. The zero-order chi connectivity index (χ0) is 12.1. The van der Waals surface area contributed by atoms with Gasteiger partial charge in [-0.15, -0.1) is 0 Å². The molecule has 0 radical (unpaired) electrons. The Bertz CT molecular complexity index is 452. The molecule has 0 amide bonds. The minimum absolute atomic E-state index is 0.165. The third kappa shape index (κ3) is 2.81. The summed E-state index contributed by atoms with van der Waals surface area (Å²) < 4.78 is 4.31. The van der Waals surface area contributed by atoms with Crippen molar-refractivity contribution in [2.24, 2.45) is 0 Å². The van der Waals surface area contributed by atoms with Crippen molar-refractivity contribution in [2.75, 3.05) is 7.11 Å². The van der Waals surface area contributed by atoms with Crippen LogP contribution in [-0.2, 0) is 9.53 Å². The second-order valence-corrected chi connectivity index (χ2v) is 2.86. The molecule has 0 saturated heterocycles. The molecule has 0 aliphatic heterocycles. The number of methoxy groups -OCH3 is 1. The molecule has 0 aromatic heterocycles. The lowest BCUT2D eigenvalue weighted by molar-refractivity contribution is -0.384. The van der Waals surface area contributed by atoms with Crippen molar-refractivity contribution in [3.8, 4) is 0 Å². The van der Waals surface area contributed by atoms with Gasteiger partial charge in [-0.3, -0.25) is 10.1 Å². The molecule has 6 heteroatoms. The van der Waals surface area contributed by atoms with Crippen molar-refractivity contribution in [3.05, 3.63) is 46.0 Å². The first kappa shape index (κ1) is 11.7. The summed E-state index contributed by atoms with van der Waals surface area (Å²) in [5.41, 5.74) is 0.0157. The normalized spacial score (nSPS) is 10.9.